The number of hydrogen-bond donors (Lipinski definition) is 1. The molecule has 27 heavy (non-hydrogen) atoms. The number of rotatable bonds is 6. The van der Waals surface area contributed by atoms with E-state index in [0.29, 0.717) is 6.54 Å². The molecular weight excluding hydrogens is 363 g/mol. The van der Waals surface area contributed by atoms with Gasteiger partial charge >= 0.3 is 0 Å². The molecule has 0 radical (unpaired) electrons. The van der Waals surface area contributed by atoms with Crippen molar-refractivity contribution in [2.24, 2.45) is 5.92 Å². The van der Waals surface area contributed by atoms with Gasteiger partial charge in [0.1, 0.15) is 5.82 Å². The van der Waals surface area contributed by atoms with Gasteiger partial charge in [0.2, 0.25) is 5.91 Å². The second-order valence-electron chi connectivity index (χ2n) is 7.36. The Labute approximate surface area is 163 Å². The average Bonchev–Trinajstić information content (AvgIpc) is 3.38. The molecule has 1 aromatic carbocycles. The molecule has 4 nitrogen and oxygen atoms in total. The summed E-state index contributed by atoms with van der Waals surface area (Å²) in [7, 11) is 0. The number of halogens is 1. The highest BCUT2D eigenvalue weighted by Crippen LogP contribution is 2.47. The van der Waals surface area contributed by atoms with Crippen molar-refractivity contribution in [1.82, 2.24) is 10.2 Å². The SMILES string of the molecule is Cc1ccc([C@H](CNC(=O)[C@@H]2C[C@@H]2c2cccc(F)c2)N2CCOCC2)s1. The van der Waals surface area contributed by atoms with Gasteiger partial charge < -0.3 is 10.1 Å². The number of ether oxygens (including phenoxy) is 1. The first-order chi connectivity index (χ1) is 13.1. The van der Waals surface area contributed by atoms with E-state index in [1.54, 1.807) is 23.5 Å². The van der Waals surface area contributed by atoms with E-state index in [-0.39, 0.29) is 29.6 Å². The number of hydrogen-bond acceptors (Lipinski definition) is 4. The fourth-order valence-corrected chi connectivity index (χ4v) is 4.86. The standard InChI is InChI=1S/C21H25FN2O2S/c1-14-5-6-20(27-14)19(24-7-9-26-10-8-24)13-23-21(25)18-12-17(18)15-3-2-4-16(22)11-15/h2-6,11,17-19H,7-10,12-13H2,1H3,(H,23,25)/t17-,18-,19+/m1/s1. The summed E-state index contributed by atoms with van der Waals surface area (Å²) >= 11 is 1.79. The molecule has 2 fully saturated rings. The van der Waals surface area contributed by atoms with Crippen LogP contribution in [0.4, 0.5) is 4.39 Å². The van der Waals surface area contributed by atoms with Gasteiger partial charge in [0, 0.05) is 35.3 Å². The summed E-state index contributed by atoms with van der Waals surface area (Å²) < 4.78 is 18.9. The highest BCUT2D eigenvalue weighted by molar-refractivity contribution is 7.12. The molecule has 1 amide bonds. The van der Waals surface area contributed by atoms with Crippen LogP contribution in [0.3, 0.4) is 0 Å². The van der Waals surface area contributed by atoms with Gasteiger partial charge in [-0.05, 0) is 49.1 Å². The van der Waals surface area contributed by atoms with E-state index < -0.39 is 0 Å². The molecule has 1 saturated heterocycles. The second-order valence-corrected chi connectivity index (χ2v) is 8.68. The van der Waals surface area contributed by atoms with Crippen LogP contribution in [0.2, 0.25) is 0 Å². The lowest BCUT2D eigenvalue weighted by Gasteiger charge is -2.34. The lowest BCUT2D eigenvalue weighted by atomic mass is 10.1. The quantitative estimate of drug-likeness (QED) is 0.824. The number of thiophene rings is 1. The van der Waals surface area contributed by atoms with Crippen LogP contribution in [-0.2, 0) is 9.53 Å². The van der Waals surface area contributed by atoms with E-state index in [4.69, 9.17) is 4.74 Å². The second kappa shape index (κ2) is 8.09. The molecule has 2 heterocycles. The first-order valence-electron chi connectivity index (χ1n) is 9.53. The Balaban J connectivity index is 1.38. The highest BCUT2D eigenvalue weighted by Gasteiger charge is 2.44. The third-order valence-electron chi connectivity index (χ3n) is 5.45. The van der Waals surface area contributed by atoms with E-state index in [1.165, 1.54) is 15.8 Å². The van der Waals surface area contributed by atoms with Crippen molar-refractivity contribution in [2.75, 3.05) is 32.8 Å². The molecular formula is C21H25FN2O2S. The normalized spacial score (nSPS) is 23.8. The molecule has 0 unspecified atom stereocenters. The molecule has 144 valence electrons. The van der Waals surface area contributed by atoms with E-state index in [1.807, 2.05) is 6.07 Å². The third kappa shape index (κ3) is 4.39. The van der Waals surface area contributed by atoms with Crippen LogP contribution in [0.25, 0.3) is 0 Å². The Kier molecular flexibility index (Phi) is 5.57. The van der Waals surface area contributed by atoms with Crippen LogP contribution >= 0.6 is 11.3 Å². The minimum Gasteiger partial charge on any atom is -0.379 e. The van der Waals surface area contributed by atoms with E-state index in [9.17, 15) is 9.18 Å². The molecule has 4 rings (SSSR count). The molecule has 1 saturated carbocycles. The molecule has 1 aliphatic heterocycles. The number of carbonyl (C=O) groups excluding carboxylic acids is 1. The zero-order chi connectivity index (χ0) is 18.8. The first-order valence-corrected chi connectivity index (χ1v) is 10.3. The Morgan fingerprint density at radius 2 is 2.15 bits per heavy atom. The van der Waals surface area contributed by atoms with Gasteiger partial charge in [0.15, 0.2) is 0 Å². The van der Waals surface area contributed by atoms with Crippen molar-refractivity contribution in [2.45, 2.75) is 25.3 Å². The van der Waals surface area contributed by atoms with Crippen molar-refractivity contribution in [3.05, 3.63) is 57.5 Å². The molecule has 2 aromatic rings. The number of amides is 1. The van der Waals surface area contributed by atoms with Crippen molar-refractivity contribution >= 4 is 17.2 Å². The van der Waals surface area contributed by atoms with Gasteiger partial charge in [-0.2, -0.15) is 0 Å². The van der Waals surface area contributed by atoms with Crippen LogP contribution in [0.15, 0.2) is 36.4 Å². The minimum atomic E-state index is -0.237. The van der Waals surface area contributed by atoms with Gasteiger partial charge in [-0.15, -0.1) is 11.3 Å². The first kappa shape index (κ1) is 18.6. The molecule has 1 aliphatic carbocycles. The van der Waals surface area contributed by atoms with Crippen LogP contribution < -0.4 is 5.32 Å². The summed E-state index contributed by atoms with van der Waals surface area (Å²) in [6, 6.07) is 11.1. The number of carbonyl (C=O) groups is 1. The van der Waals surface area contributed by atoms with Gasteiger partial charge in [-0.3, -0.25) is 9.69 Å². The van der Waals surface area contributed by atoms with E-state index >= 15 is 0 Å². The number of nitrogens with one attached hydrogen (secondary N) is 1. The summed E-state index contributed by atoms with van der Waals surface area (Å²) in [6.07, 6.45) is 0.801. The summed E-state index contributed by atoms with van der Waals surface area (Å²) in [4.78, 5) is 17.6. The maximum absolute atomic E-state index is 13.4. The molecule has 6 heteroatoms. The zero-order valence-corrected chi connectivity index (χ0v) is 16.3. The Morgan fingerprint density at radius 1 is 1.33 bits per heavy atom. The fourth-order valence-electron chi connectivity index (χ4n) is 3.85. The summed E-state index contributed by atoms with van der Waals surface area (Å²) in [5.74, 6) is -0.0523. The topological polar surface area (TPSA) is 41.6 Å². The van der Waals surface area contributed by atoms with Crippen LogP contribution in [0.5, 0.6) is 0 Å². The van der Waals surface area contributed by atoms with Crippen molar-refractivity contribution in [3.63, 3.8) is 0 Å². The Bertz CT molecular complexity index is 803. The predicted molar refractivity (Wildman–Crippen MR) is 104 cm³/mol. The van der Waals surface area contributed by atoms with Gasteiger partial charge in [-0.25, -0.2) is 4.39 Å². The number of nitrogens with zero attached hydrogens (tertiary/aromatic N) is 1. The average molecular weight is 389 g/mol. The minimum absolute atomic E-state index is 0.0396. The number of benzene rings is 1. The van der Waals surface area contributed by atoms with E-state index in [0.717, 1.165) is 38.3 Å². The highest BCUT2D eigenvalue weighted by atomic mass is 32.1. The maximum atomic E-state index is 13.4. The number of aryl methyl sites for hydroxylation is 1. The Hall–Kier alpha value is -1.76. The molecule has 2 aliphatic rings. The van der Waals surface area contributed by atoms with Crippen LogP contribution in [-0.4, -0.2) is 43.7 Å². The van der Waals surface area contributed by atoms with Crippen molar-refractivity contribution in [3.8, 4) is 0 Å². The van der Waals surface area contributed by atoms with Gasteiger partial charge in [0.05, 0.1) is 19.3 Å². The van der Waals surface area contributed by atoms with Crippen molar-refractivity contribution in [1.29, 1.82) is 0 Å². The largest absolute Gasteiger partial charge is 0.379 e. The van der Waals surface area contributed by atoms with E-state index in [2.05, 4.69) is 29.3 Å². The molecule has 3 atom stereocenters. The summed E-state index contributed by atoms with van der Waals surface area (Å²) in [5.41, 5.74) is 0.925. The summed E-state index contributed by atoms with van der Waals surface area (Å²) in [5, 5.41) is 3.16. The van der Waals surface area contributed by atoms with Crippen LogP contribution in [0, 0.1) is 18.7 Å². The molecule has 0 bridgehead atoms. The fraction of sp³-hybridized carbons (Fsp3) is 0.476. The maximum Gasteiger partial charge on any atom is 0.223 e. The lowest BCUT2D eigenvalue weighted by Crippen LogP contribution is -2.43. The van der Waals surface area contributed by atoms with Crippen molar-refractivity contribution < 1.29 is 13.9 Å². The van der Waals surface area contributed by atoms with Gasteiger partial charge in [-0.1, -0.05) is 12.1 Å². The molecule has 1 aromatic heterocycles. The third-order valence-corrected chi connectivity index (χ3v) is 6.55. The zero-order valence-electron chi connectivity index (χ0n) is 15.5. The monoisotopic (exact) mass is 388 g/mol. The Morgan fingerprint density at radius 3 is 2.85 bits per heavy atom. The predicted octanol–water partition coefficient (Wildman–Crippen LogP) is 3.49. The molecule has 1 N–H and O–H groups in total. The molecule has 0 spiro atoms. The number of morpholine rings is 1. The smallest absolute Gasteiger partial charge is 0.223 e. The lowest BCUT2D eigenvalue weighted by molar-refractivity contribution is -0.122. The van der Waals surface area contributed by atoms with Gasteiger partial charge in [0.25, 0.3) is 0 Å². The summed E-state index contributed by atoms with van der Waals surface area (Å²) in [6.45, 7) is 5.94. The van der Waals surface area contributed by atoms with Crippen LogP contribution in [0.1, 0.15) is 33.7 Å².